The lowest BCUT2D eigenvalue weighted by atomic mass is 9.77. The first-order chi connectivity index (χ1) is 12.6. The minimum atomic E-state index is -0.888. The minimum Gasteiger partial charge on any atom is -0.488 e. The lowest BCUT2D eigenvalue weighted by Crippen LogP contribution is -2.29. The molecule has 1 aromatic heterocycles. The monoisotopic (exact) mass is 353 g/mol. The van der Waals surface area contributed by atoms with Crippen LogP contribution in [0.5, 0.6) is 5.75 Å². The number of carbonyl (C=O) groups is 1. The first-order valence-corrected chi connectivity index (χ1v) is 9.11. The molecular formula is C20H23N3O3. The van der Waals surface area contributed by atoms with E-state index in [4.69, 9.17) is 15.6 Å². The second kappa shape index (κ2) is 6.86. The molecule has 3 N–H and O–H groups in total. The van der Waals surface area contributed by atoms with Crippen molar-refractivity contribution < 1.29 is 14.6 Å². The van der Waals surface area contributed by atoms with Gasteiger partial charge < -0.3 is 20.5 Å². The maximum absolute atomic E-state index is 11.1. The van der Waals surface area contributed by atoms with Crippen molar-refractivity contribution in [3.8, 4) is 17.0 Å². The maximum Gasteiger partial charge on any atom is 0.407 e. The van der Waals surface area contributed by atoms with Crippen molar-refractivity contribution in [2.24, 2.45) is 0 Å². The van der Waals surface area contributed by atoms with Gasteiger partial charge in [-0.25, -0.2) is 9.78 Å². The molecular weight excluding hydrogens is 330 g/mol. The van der Waals surface area contributed by atoms with Crippen molar-refractivity contribution in [3.05, 3.63) is 42.0 Å². The van der Waals surface area contributed by atoms with Crippen LogP contribution in [-0.2, 0) is 0 Å². The molecule has 0 spiro atoms. The van der Waals surface area contributed by atoms with E-state index in [1.165, 1.54) is 29.7 Å². The van der Waals surface area contributed by atoms with Crippen molar-refractivity contribution in [1.82, 2.24) is 9.88 Å². The van der Waals surface area contributed by atoms with Crippen LogP contribution >= 0.6 is 0 Å². The van der Waals surface area contributed by atoms with Crippen LogP contribution in [0.25, 0.3) is 11.3 Å². The Kier molecular flexibility index (Phi) is 4.41. The largest absolute Gasteiger partial charge is 0.488 e. The molecule has 1 atom stereocenters. The first-order valence-electron chi connectivity index (χ1n) is 9.11. The van der Waals surface area contributed by atoms with Gasteiger partial charge in [-0.2, -0.15) is 0 Å². The van der Waals surface area contributed by atoms with Crippen molar-refractivity contribution >= 4 is 11.9 Å². The van der Waals surface area contributed by atoms with Crippen LogP contribution in [0.4, 0.5) is 10.6 Å². The molecule has 6 nitrogen and oxygen atoms in total. The molecule has 0 bridgehead atoms. The summed E-state index contributed by atoms with van der Waals surface area (Å²) >= 11 is 0. The Balaban J connectivity index is 1.61. The Morgan fingerprint density at radius 1 is 1.23 bits per heavy atom. The third-order valence-electron chi connectivity index (χ3n) is 5.33. The first kappa shape index (κ1) is 16.7. The molecule has 2 aliphatic rings. The molecule has 1 aliphatic carbocycles. The van der Waals surface area contributed by atoms with Gasteiger partial charge in [0.1, 0.15) is 17.7 Å². The van der Waals surface area contributed by atoms with Crippen molar-refractivity contribution in [2.45, 2.75) is 37.7 Å². The summed E-state index contributed by atoms with van der Waals surface area (Å²) in [5.74, 6) is 1.82. The minimum absolute atomic E-state index is 0.109. The Hall–Kier alpha value is -2.76. The molecule has 26 heavy (non-hydrogen) atoms. The lowest BCUT2D eigenvalue weighted by molar-refractivity contribution is 0.145. The van der Waals surface area contributed by atoms with Gasteiger partial charge in [0.05, 0.1) is 12.2 Å². The summed E-state index contributed by atoms with van der Waals surface area (Å²) in [4.78, 5) is 17.0. The molecule has 6 heteroatoms. The number of rotatable bonds is 4. The zero-order valence-corrected chi connectivity index (χ0v) is 14.6. The van der Waals surface area contributed by atoms with Gasteiger partial charge in [-0.1, -0.05) is 18.6 Å². The van der Waals surface area contributed by atoms with Gasteiger partial charge in [-0.15, -0.1) is 0 Å². The fraction of sp³-hybridized carbons (Fsp3) is 0.400. The molecule has 1 unspecified atom stereocenters. The van der Waals surface area contributed by atoms with Crippen molar-refractivity contribution in [1.29, 1.82) is 0 Å². The molecule has 1 amide bonds. The van der Waals surface area contributed by atoms with Gasteiger partial charge in [0.2, 0.25) is 0 Å². The zero-order valence-electron chi connectivity index (χ0n) is 14.6. The van der Waals surface area contributed by atoms with Gasteiger partial charge in [0, 0.05) is 18.5 Å². The Labute approximate surface area is 152 Å². The van der Waals surface area contributed by atoms with Crippen LogP contribution in [0.15, 0.2) is 36.4 Å². The predicted molar refractivity (Wildman–Crippen MR) is 99.3 cm³/mol. The van der Waals surface area contributed by atoms with E-state index in [0.717, 1.165) is 17.0 Å². The normalized spacial score (nSPS) is 20.0. The number of ether oxygens (including phenoxy) is 1. The second-order valence-corrected chi connectivity index (χ2v) is 7.08. The van der Waals surface area contributed by atoms with E-state index < -0.39 is 6.09 Å². The summed E-state index contributed by atoms with van der Waals surface area (Å²) in [7, 11) is 0. The molecule has 1 saturated carbocycles. The average Bonchev–Trinajstić information content (AvgIpc) is 3.03. The van der Waals surface area contributed by atoms with Gasteiger partial charge in [0.25, 0.3) is 0 Å². The fourth-order valence-corrected chi connectivity index (χ4v) is 3.70. The molecule has 1 aliphatic heterocycles. The van der Waals surface area contributed by atoms with Gasteiger partial charge >= 0.3 is 6.09 Å². The number of nitrogen functional groups attached to an aromatic ring is 1. The number of likely N-dealkylation sites (tertiary alicyclic amines) is 1. The zero-order chi connectivity index (χ0) is 18.1. The number of hydrogen-bond donors (Lipinski definition) is 2. The highest BCUT2D eigenvalue weighted by molar-refractivity contribution is 5.68. The molecule has 0 radical (unpaired) electrons. The Morgan fingerprint density at radius 2 is 2.08 bits per heavy atom. The fourth-order valence-electron chi connectivity index (χ4n) is 3.70. The molecule has 136 valence electrons. The number of anilines is 1. The van der Waals surface area contributed by atoms with E-state index in [0.29, 0.717) is 31.2 Å². The number of amides is 1. The highest BCUT2D eigenvalue weighted by atomic mass is 16.5. The number of pyridine rings is 1. The highest BCUT2D eigenvalue weighted by Crippen LogP contribution is 2.42. The third kappa shape index (κ3) is 3.31. The maximum atomic E-state index is 11.1. The van der Waals surface area contributed by atoms with Crippen LogP contribution in [0.1, 0.15) is 37.2 Å². The van der Waals surface area contributed by atoms with Crippen LogP contribution < -0.4 is 10.5 Å². The second-order valence-electron chi connectivity index (χ2n) is 7.08. The number of nitrogens with zero attached hydrogens (tertiary/aromatic N) is 2. The molecule has 1 aromatic carbocycles. The predicted octanol–water partition coefficient (Wildman–Crippen LogP) is 3.73. The number of aromatic nitrogens is 1. The standard InChI is InChI=1S/C20H23N3O3/c21-19-6-2-5-18(22-19)17-11-14(7-8-16(17)13-3-1-4-13)26-15-9-10-23(12-15)20(24)25/h2,5-8,11,13,15H,1,3-4,9-10,12H2,(H2,21,22)(H,24,25). The van der Waals surface area contributed by atoms with E-state index in [-0.39, 0.29) is 6.10 Å². The number of hydrogen-bond acceptors (Lipinski definition) is 4. The van der Waals surface area contributed by atoms with Crippen LogP contribution in [-0.4, -0.2) is 40.3 Å². The number of nitrogens with two attached hydrogens (primary N) is 1. The van der Waals surface area contributed by atoms with E-state index in [9.17, 15) is 4.79 Å². The van der Waals surface area contributed by atoms with E-state index in [2.05, 4.69) is 11.1 Å². The van der Waals surface area contributed by atoms with Crippen LogP contribution in [0.3, 0.4) is 0 Å². The summed E-state index contributed by atoms with van der Waals surface area (Å²) in [5.41, 5.74) is 9.09. The quantitative estimate of drug-likeness (QED) is 0.874. The summed E-state index contributed by atoms with van der Waals surface area (Å²) < 4.78 is 6.07. The average molecular weight is 353 g/mol. The summed E-state index contributed by atoms with van der Waals surface area (Å²) in [6.45, 7) is 0.926. The molecule has 2 fully saturated rings. The topological polar surface area (TPSA) is 88.7 Å². The molecule has 2 heterocycles. The Bertz CT molecular complexity index is 820. The number of benzene rings is 1. The summed E-state index contributed by atoms with van der Waals surface area (Å²) in [6.07, 6.45) is 3.38. The summed E-state index contributed by atoms with van der Waals surface area (Å²) in [6, 6.07) is 11.8. The number of carboxylic acid groups (broad SMARTS) is 1. The van der Waals surface area contributed by atoms with Gasteiger partial charge in [-0.05, 0) is 48.6 Å². The van der Waals surface area contributed by atoms with Crippen molar-refractivity contribution in [2.75, 3.05) is 18.8 Å². The Morgan fingerprint density at radius 3 is 2.73 bits per heavy atom. The highest BCUT2D eigenvalue weighted by Gasteiger charge is 2.28. The molecule has 2 aromatic rings. The lowest BCUT2D eigenvalue weighted by Gasteiger charge is -2.28. The van der Waals surface area contributed by atoms with E-state index in [1.54, 1.807) is 6.07 Å². The SMILES string of the molecule is Nc1cccc(-c2cc(OC3CCN(C(=O)O)C3)ccc2C2CCC2)n1. The van der Waals surface area contributed by atoms with Crippen molar-refractivity contribution in [3.63, 3.8) is 0 Å². The van der Waals surface area contributed by atoms with E-state index in [1.807, 2.05) is 24.3 Å². The van der Waals surface area contributed by atoms with Crippen LogP contribution in [0, 0.1) is 0 Å². The van der Waals surface area contributed by atoms with Gasteiger partial charge in [-0.3, -0.25) is 0 Å². The van der Waals surface area contributed by atoms with Gasteiger partial charge in [0.15, 0.2) is 0 Å². The third-order valence-corrected chi connectivity index (χ3v) is 5.33. The summed E-state index contributed by atoms with van der Waals surface area (Å²) in [5, 5.41) is 9.10. The van der Waals surface area contributed by atoms with E-state index >= 15 is 0 Å². The molecule has 4 rings (SSSR count). The molecule has 1 saturated heterocycles. The van der Waals surface area contributed by atoms with Crippen LogP contribution in [0.2, 0.25) is 0 Å². The smallest absolute Gasteiger partial charge is 0.407 e.